The van der Waals surface area contributed by atoms with Crippen LogP contribution in [-0.4, -0.2) is 0 Å². The molecule has 0 saturated carbocycles. The molecule has 3 rings (SSSR count). The first-order valence-electron chi connectivity index (χ1n) is 5.07. The number of ether oxygens (including phenoxy) is 1. The van der Waals surface area contributed by atoms with Gasteiger partial charge in [0.05, 0.1) is 0 Å². The van der Waals surface area contributed by atoms with Crippen LogP contribution in [0.15, 0.2) is 42.5 Å². The maximum absolute atomic E-state index is 5.95. The molecule has 0 amide bonds. The molecule has 2 heteroatoms. The predicted molar refractivity (Wildman–Crippen MR) is 66.9 cm³/mol. The first-order chi connectivity index (χ1) is 7.83. The minimum Gasteiger partial charge on any atom is -0.456 e. The number of hydrogen-bond acceptors (Lipinski definition) is 1. The molecule has 1 aliphatic rings. The Morgan fingerprint density at radius 3 is 2.50 bits per heavy atom. The van der Waals surface area contributed by atoms with Crippen molar-refractivity contribution in [1.29, 1.82) is 0 Å². The van der Waals surface area contributed by atoms with E-state index in [1.165, 1.54) is 0 Å². The number of halogens is 1. The monoisotopic (exact) mass is 228 g/mol. The summed E-state index contributed by atoms with van der Waals surface area (Å²) < 4.78 is 5.84. The molecular formula is C14H9ClO. The lowest BCUT2D eigenvalue weighted by atomic mass is 10.1. The van der Waals surface area contributed by atoms with Crippen molar-refractivity contribution in [2.45, 2.75) is 0 Å². The van der Waals surface area contributed by atoms with E-state index in [4.69, 9.17) is 16.3 Å². The molecule has 0 spiro atoms. The molecule has 0 aliphatic carbocycles. The molecule has 0 radical (unpaired) electrons. The van der Waals surface area contributed by atoms with Gasteiger partial charge in [-0.1, -0.05) is 42.0 Å². The lowest BCUT2D eigenvalue weighted by Crippen LogP contribution is -1.86. The molecule has 16 heavy (non-hydrogen) atoms. The van der Waals surface area contributed by atoms with Crippen LogP contribution in [0.5, 0.6) is 11.5 Å². The van der Waals surface area contributed by atoms with Gasteiger partial charge in [-0.05, 0) is 24.3 Å². The Morgan fingerprint density at radius 1 is 0.812 bits per heavy atom. The topological polar surface area (TPSA) is 9.23 Å². The summed E-state index contributed by atoms with van der Waals surface area (Å²) in [5.41, 5.74) is 2.08. The highest BCUT2D eigenvalue weighted by Gasteiger charge is 2.09. The van der Waals surface area contributed by atoms with E-state index < -0.39 is 0 Å². The van der Waals surface area contributed by atoms with Crippen molar-refractivity contribution in [3.8, 4) is 11.5 Å². The van der Waals surface area contributed by atoms with Crippen molar-refractivity contribution >= 4 is 23.8 Å². The summed E-state index contributed by atoms with van der Waals surface area (Å²) in [6, 6.07) is 13.6. The maximum atomic E-state index is 5.95. The van der Waals surface area contributed by atoms with Gasteiger partial charge >= 0.3 is 0 Å². The van der Waals surface area contributed by atoms with Gasteiger partial charge in [0, 0.05) is 16.1 Å². The first-order valence-corrected chi connectivity index (χ1v) is 5.45. The zero-order chi connectivity index (χ0) is 11.0. The van der Waals surface area contributed by atoms with E-state index in [1.54, 1.807) is 0 Å². The number of fused-ring (bicyclic) bond motifs is 2. The van der Waals surface area contributed by atoms with Crippen LogP contribution in [-0.2, 0) is 0 Å². The van der Waals surface area contributed by atoms with Crippen LogP contribution in [0.1, 0.15) is 11.1 Å². The molecule has 0 unspecified atom stereocenters. The zero-order valence-electron chi connectivity index (χ0n) is 8.48. The van der Waals surface area contributed by atoms with Gasteiger partial charge in [0.15, 0.2) is 0 Å². The minimum atomic E-state index is 0.720. The third-order valence-electron chi connectivity index (χ3n) is 2.55. The first kappa shape index (κ1) is 9.49. The maximum Gasteiger partial charge on any atom is 0.134 e. The Labute approximate surface area is 98.9 Å². The smallest absolute Gasteiger partial charge is 0.134 e. The summed E-state index contributed by atoms with van der Waals surface area (Å²) in [4.78, 5) is 0. The average Bonchev–Trinajstić information content (AvgIpc) is 2.48. The molecule has 1 heterocycles. The zero-order valence-corrected chi connectivity index (χ0v) is 9.24. The molecular weight excluding hydrogens is 220 g/mol. The number of rotatable bonds is 0. The Kier molecular flexibility index (Phi) is 2.19. The Morgan fingerprint density at radius 2 is 1.56 bits per heavy atom. The molecule has 0 saturated heterocycles. The summed E-state index contributed by atoms with van der Waals surface area (Å²) in [6.45, 7) is 0. The molecule has 78 valence electrons. The SMILES string of the molecule is Clc1ccc2c(c1)C=Cc1ccccc1O2. The van der Waals surface area contributed by atoms with E-state index >= 15 is 0 Å². The second kappa shape index (κ2) is 3.69. The van der Waals surface area contributed by atoms with Crippen LogP contribution in [0.25, 0.3) is 12.2 Å². The summed E-state index contributed by atoms with van der Waals surface area (Å²) in [6.07, 6.45) is 4.06. The van der Waals surface area contributed by atoms with Crippen LogP contribution >= 0.6 is 11.6 Å². The third-order valence-corrected chi connectivity index (χ3v) is 2.79. The summed E-state index contributed by atoms with van der Waals surface area (Å²) >= 11 is 5.95. The minimum absolute atomic E-state index is 0.720. The highest BCUT2D eigenvalue weighted by atomic mass is 35.5. The van der Waals surface area contributed by atoms with Crippen molar-refractivity contribution in [2.24, 2.45) is 0 Å². The number of benzene rings is 2. The lowest BCUT2D eigenvalue weighted by Gasteiger charge is -2.08. The fraction of sp³-hybridized carbons (Fsp3) is 0. The Balaban J connectivity index is 2.17. The quantitative estimate of drug-likeness (QED) is 0.546. The molecule has 0 aromatic heterocycles. The fourth-order valence-electron chi connectivity index (χ4n) is 1.75. The van der Waals surface area contributed by atoms with Crippen molar-refractivity contribution in [2.75, 3.05) is 0 Å². The van der Waals surface area contributed by atoms with Crippen molar-refractivity contribution in [1.82, 2.24) is 0 Å². The van der Waals surface area contributed by atoms with Crippen molar-refractivity contribution in [3.05, 3.63) is 58.6 Å². The van der Waals surface area contributed by atoms with Gasteiger partial charge in [0.25, 0.3) is 0 Å². The Bertz CT molecular complexity index is 573. The second-order valence-corrected chi connectivity index (χ2v) is 4.09. The second-order valence-electron chi connectivity index (χ2n) is 3.66. The average molecular weight is 229 g/mol. The van der Waals surface area contributed by atoms with Gasteiger partial charge in [-0.3, -0.25) is 0 Å². The molecule has 2 aromatic carbocycles. The lowest BCUT2D eigenvalue weighted by molar-refractivity contribution is 0.481. The number of hydrogen-bond donors (Lipinski definition) is 0. The van der Waals surface area contributed by atoms with Crippen LogP contribution in [0, 0.1) is 0 Å². The molecule has 0 bridgehead atoms. The summed E-state index contributed by atoms with van der Waals surface area (Å²) in [5.74, 6) is 1.71. The van der Waals surface area contributed by atoms with E-state index in [0.29, 0.717) is 0 Å². The standard InChI is InChI=1S/C14H9ClO/c15-12-7-8-14-11(9-12)6-5-10-3-1-2-4-13(10)16-14/h1-9H. The van der Waals surface area contributed by atoms with Crippen molar-refractivity contribution in [3.63, 3.8) is 0 Å². The van der Waals surface area contributed by atoms with E-state index in [2.05, 4.69) is 0 Å². The van der Waals surface area contributed by atoms with E-state index in [0.717, 1.165) is 27.6 Å². The van der Waals surface area contributed by atoms with Crippen LogP contribution in [0.4, 0.5) is 0 Å². The fourth-order valence-corrected chi connectivity index (χ4v) is 1.93. The molecule has 1 aliphatic heterocycles. The molecule has 0 N–H and O–H groups in total. The van der Waals surface area contributed by atoms with Crippen molar-refractivity contribution < 1.29 is 4.74 Å². The summed E-state index contributed by atoms with van der Waals surface area (Å²) in [7, 11) is 0. The van der Waals surface area contributed by atoms with Gasteiger partial charge in [-0.15, -0.1) is 0 Å². The predicted octanol–water partition coefficient (Wildman–Crippen LogP) is 4.62. The molecule has 0 fully saturated rings. The Hall–Kier alpha value is -1.73. The van der Waals surface area contributed by atoms with Gasteiger partial charge in [-0.2, -0.15) is 0 Å². The largest absolute Gasteiger partial charge is 0.456 e. The van der Waals surface area contributed by atoms with Crippen LogP contribution in [0.2, 0.25) is 5.02 Å². The number of para-hydroxylation sites is 1. The van der Waals surface area contributed by atoms with E-state index in [-0.39, 0.29) is 0 Å². The van der Waals surface area contributed by atoms with Crippen LogP contribution < -0.4 is 4.74 Å². The van der Waals surface area contributed by atoms with Gasteiger partial charge in [-0.25, -0.2) is 0 Å². The molecule has 0 atom stereocenters. The molecule has 2 aromatic rings. The third kappa shape index (κ3) is 1.59. The van der Waals surface area contributed by atoms with E-state index in [1.807, 2.05) is 54.6 Å². The summed E-state index contributed by atoms with van der Waals surface area (Å²) in [5, 5.41) is 0.720. The highest BCUT2D eigenvalue weighted by Crippen LogP contribution is 2.34. The van der Waals surface area contributed by atoms with Gasteiger partial charge in [0.2, 0.25) is 0 Å². The van der Waals surface area contributed by atoms with Gasteiger partial charge in [0.1, 0.15) is 11.5 Å². The van der Waals surface area contributed by atoms with E-state index in [9.17, 15) is 0 Å². The van der Waals surface area contributed by atoms with Gasteiger partial charge < -0.3 is 4.74 Å². The normalized spacial score (nSPS) is 12.3. The van der Waals surface area contributed by atoms with Crippen LogP contribution in [0.3, 0.4) is 0 Å². The highest BCUT2D eigenvalue weighted by molar-refractivity contribution is 6.30. The molecule has 1 nitrogen and oxygen atoms in total.